The predicted molar refractivity (Wildman–Crippen MR) is 48.6 cm³/mol. The molecule has 0 aromatic rings. The highest BCUT2D eigenvalue weighted by molar-refractivity contribution is 6.54. The molecule has 0 aromatic heterocycles. The van der Waals surface area contributed by atoms with Crippen LogP contribution in [0.15, 0.2) is 12.3 Å². The molecule has 0 aliphatic carbocycles. The van der Waals surface area contributed by atoms with Gasteiger partial charge in [-0.3, -0.25) is 0 Å². The van der Waals surface area contributed by atoms with Crippen LogP contribution in [0, 0.1) is 0 Å². The number of halogens is 5. The minimum atomic E-state index is -1.42. The van der Waals surface area contributed by atoms with Gasteiger partial charge in [0, 0.05) is 29.8 Å². The Hall–Kier alpha value is 0.950. The van der Waals surface area contributed by atoms with E-state index in [0.29, 0.717) is 0 Å². The van der Waals surface area contributed by atoms with E-state index >= 15 is 0 Å². The summed E-state index contributed by atoms with van der Waals surface area (Å²) in [5, 5.41) is -0.599. The van der Waals surface area contributed by atoms with Gasteiger partial charge in [0.15, 0.2) is 0 Å². The molecule has 1 atom stereocenters. The minimum absolute atomic E-state index is 0.599. The van der Waals surface area contributed by atoms with E-state index in [1.807, 2.05) is 0 Å². The van der Waals surface area contributed by atoms with E-state index < -0.39 is 9.83 Å². The largest absolute Gasteiger partial charge is 0.223 e. The van der Waals surface area contributed by atoms with Crippen LogP contribution in [-0.4, -0.2) is 18.9 Å². The van der Waals surface area contributed by atoms with Crippen LogP contribution in [0.2, 0.25) is 0 Å². The predicted octanol–water partition coefficient (Wildman–Crippen LogP) is 3.08. The molecule has 0 saturated heterocycles. The third-order valence-electron chi connectivity index (χ3n) is 1.12. The van der Waals surface area contributed by atoms with Gasteiger partial charge in [-0.1, -0.05) is 27.7 Å². The number of hydrogen-bond donors (Lipinski definition) is 0. The lowest BCUT2D eigenvalue weighted by molar-refractivity contribution is 0.185. The molecular weight excluding hydrogens is 253 g/mol. The van der Waals surface area contributed by atoms with Gasteiger partial charge in [0.1, 0.15) is 5.38 Å². The quantitative estimate of drug-likeness (QED) is 0.373. The van der Waals surface area contributed by atoms with Gasteiger partial charge in [0.2, 0.25) is 4.46 Å². The molecule has 0 aromatic carbocycles. The fourth-order valence-electron chi connectivity index (χ4n) is 0.550. The summed E-state index contributed by atoms with van der Waals surface area (Å²) >= 11 is 28.3. The molecule has 0 spiro atoms. The standard InChI is InChI=1S/C4H3Cl5N2/c5-3-1-2-10(8)11(9)4(3,6)7/h1-3H. The molecule has 1 aliphatic rings. The van der Waals surface area contributed by atoms with Crippen molar-refractivity contribution >= 4 is 58.4 Å². The lowest BCUT2D eigenvalue weighted by atomic mass is 10.4. The van der Waals surface area contributed by atoms with Gasteiger partial charge >= 0.3 is 0 Å². The minimum Gasteiger partial charge on any atom is -0.205 e. The molecule has 0 saturated carbocycles. The molecule has 0 bridgehead atoms. The third kappa shape index (κ3) is 1.82. The average Bonchev–Trinajstić information content (AvgIpc) is 1.95. The molecule has 1 aliphatic heterocycles. The van der Waals surface area contributed by atoms with Gasteiger partial charge in [-0.15, -0.1) is 11.6 Å². The lowest BCUT2D eigenvalue weighted by Gasteiger charge is -2.36. The van der Waals surface area contributed by atoms with Crippen molar-refractivity contribution in [3.05, 3.63) is 12.3 Å². The second-order valence-electron chi connectivity index (χ2n) is 1.88. The molecule has 1 unspecified atom stereocenters. The van der Waals surface area contributed by atoms with Crippen molar-refractivity contribution < 1.29 is 0 Å². The first-order valence-corrected chi connectivity index (χ1v) is 4.44. The van der Waals surface area contributed by atoms with Crippen LogP contribution >= 0.6 is 58.4 Å². The summed E-state index contributed by atoms with van der Waals surface area (Å²) in [5.74, 6) is 0. The van der Waals surface area contributed by atoms with Gasteiger partial charge in [-0.05, 0) is 6.08 Å². The molecule has 0 N–H and O–H groups in total. The molecule has 7 heteroatoms. The van der Waals surface area contributed by atoms with Crippen LogP contribution in [0.4, 0.5) is 0 Å². The van der Waals surface area contributed by atoms with Gasteiger partial charge < -0.3 is 0 Å². The van der Waals surface area contributed by atoms with Crippen molar-refractivity contribution in [2.45, 2.75) is 9.83 Å². The summed E-state index contributed by atoms with van der Waals surface area (Å²) in [6.45, 7) is 0. The molecule has 1 heterocycles. The molecule has 0 radical (unpaired) electrons. The Morgan fingerprint density at radius 1 is 1.27 bits per heavy atom. The maximum absolute atomic E-state index is 5.72. The van der Waals surface area contributed by atoms with Crippen molar-refractivity contribution in [2.24, 2.45) is 0 Å². The van der Waals surface area contributed by atoms with E-state index in [4.69, 9.17) is 58.4 Å². The number of hydrazine groups is 1. The van der Waals surface area contributed by atoms with Crippen LogP contribution in [0.3, 0.4) is 0 Å². The smallest absolute Gasteiger partial charge is 0.205 e. The van der Waals surface area contributed by atoms with Crippen molar-refractivity contribution in [3.8, 4) is 0 Å². The highest BCUT2D eigenvalue weighted by atomic mass is 35.5. The Labute approximate surface area is 89.4 Å². The average molecular weight is 256 g/mol. The number of rotatable bonds is 0. The van der Waals surface area contributed by atoms with E-state index in [9.17, 15) is 0 Å². The zero-order valence-corrected chi connectivity index (χ0v) is 8.80. The fourth-order valence-corrected chi connectivity index (χ4v) is 1.48. The second-order valence-corrected chi connectivity index (χ2v) is 4.36. The van der Waals surface area contributed by atoms with Crippen molar-refractivity contribution in [2.75, 3.05) is 0 Å². The second kappa shape index (κ2) is 3.36. The first kappa shape index (κ1) is 10.0. The summed E-state index contributed by atoms with van der Waals surface area (Å²) < 4.78 is 0.495. The van der Waals surface area contributed by atoms with Crippen LogP contribution in [0.25, 0.3) is 0 Å². The summed E-state index contributed by atoms with van der Waals surface area (Å²) in [6, 6.07) is 0. The molecule has 0 amide bonds. The van der Waals surface area contributed by atoms with E-state index in [-0.39, 0.29) is 0 Å². The molecule has 64 valence electrons. The van der Waals surface area contributed by atoms with Crippen LogP contribution in [-0.2, 0) is 0 Å². The van der Waals surface area contributed by atoms with Gasteiger partial charge in [0.05, 0.1) is 0 Å². The number of hydrogen-bond acceptors (Lipinski definition) is 2. The van der Waals surface area contributed by atoms with Gasteiger partial charge in [0.25, 0.3) is 0 Å². The lowest BCUT2D eigenvalue weighted by Crippen LogP contribution is -2.47. The Kier molecular flexibility index (Phi) is 3.07. The SMILES string of the molecule is ClC1C=CN(Cl)N(Cl)C1(Cl)Cl. The first-order valence-electron chi connectivity index (χ1n) is 2.57. The maximum atomic E-state index is 5.72. The molecule has 2 nitrogen and oxygen atoms in total. The fraction of sp³-hybridized carbons (Fsp3) is 0.500. The number of nitrogens with zero attached hydrogens (tertiary/aromatic N) is 2. The van der Waals surface area contributed by atoms with E-state index in [0.717, 1.165) is 9.06 Å². The van der Waals surface area contributed by atoms with Crippen LogP contribution < -0.4 is 0 Å². The summed E-state index contributed by atoms with van der Waals surface area (Å²) in [4.78, 5) is 0. The van der Waals surface area contributed by atoms with Gasteiger partial charge in [-0.2, -0.15) is 0 Å². The molecule has 1 rings (SSSR count). The molecule has 11 heavy (non-hydrogen) atoms. The Morgan fingerprint density at radius 3 is 2.27 bits per heavy atom. The topological polar surface area (TPSA) is 6.48 Å². The normalized spacial score (nSPS) is 31.0. The monoisotopic (exact) mass is 254 g/mol. The highest BCUT2D eigenvalue weighted by Crippen LogP contribution is 2.40. The number of alkyl halides is 3. The zero-order valence-electron chi connectivity index (χ0n) is 5.02. The maximum Gasteiger partial charge on any atom is 0.223 e. The van der Waals surface area contributed by atoms with Crippen molar-refractivity contribution in [1.29, 1.82) is 0 Å². The third-order valence-corrected chi connectivity index (χ3v) is 3.54. The van der Waals surface area contributed by atoms with E-state index in [1.165, 1.54) is 12.3 Å². The van der Waals surface area contributed by atoms with E-state index in [1.54, 1.807) is 0 Å². The van der Waals surface area contributed by atoms with Crippen LogP contribution in [0.1, 0.15) is 0 Å². The summed E-state index contributed by atoms with van der Waals surface area (Å²) in [6.07, 6.45) is 2.99. The van der Waals surface area contributed by atoms with Gasteiger partial charge in [-0.25, -0.2) is 4.53 Å². The summed E-state index contributed by atoms with van der Waals surface area (Å²) in [7, 11) is 0. The first-order chi connectivity index (χ1) is 4.96. The molecular formula is C4H3Cl5N2. The van der Waals surface area contributed by atoms with E-state index in [2.05, 4.69) is 0 Å². The van der Waals surface area contributed by atoms with Crippen LogP contribution in [0.5, 0.6) is 0 Å². The Balaban J connectivity index is 2.88. The Bertz CT molecular complexity index is 181. The van der Waals surface area contributed by atoms with Crippen molar-refractivity contribution in [3.63, 3.8) is 0 Å². The summed E-state index contributed by atoms with van der Waals surface area (Å²) in [5.41, 5.74) is 0. The molecule has 0 fully saturated rings. The zero-order chi connectivity index (χ0) is 8.65. The van der Waals surface area contributed by atoms with Crippen molar-refractivity contribution in [1.82, 2.24) is 9.06 Å². The Morgan fingerprint density at radius 2 is 1.82 bits per heavy atom. The highest BCUT2D eigenvalue weighted by Gasteiger charge is 2.43.